The van der Waals surface area contributed by atoms with Gasteiger partial charge in [-0.25, -0.2) is 9.97 Å². The number of pyridine rings is 1. The summed E-state index contributed by atoms with van der Waals surface area (Å²) in [4.78, 5) is 33.7. The molecule has 0 aromatic carbocycles. The number of aryl methyl sites for hydroxylation is 1. The fraction of sp³-hybridized carbons (Fsp3) is 0.333. The highest BCUT2D eigenvalue weighted by molar-refractivity contribution is 5.97. The molecular formula is C18H20N6O2. The van der Waals surface area contributed by atoms with Crippen molar-refractivity contribution in [2.75, 3.05) is 11.1 Å². The second kappa shape index (κ2) is 5.69. The molecule has 1 amide bonds. The van der Waals surface area contributed by atoms with Crippen LogP contribution < -0.4 is 21.9 Å². The fourth-order valence-electron chi connectivity index (χ4n) is 3.85. The number of aromatic nitrogens is 3. The second-order valence-corrected chi connectivity index (χ2v) is 6.91. The van der Waals surface area contributed by atoms with Crippen LogP contribution in [-0.2, 0) is 5.66 Å². The molecule has 2 aromatic rings. The third kappa shape index (κ3) is 2.45. The van der Waals surface area contributed by atoms with E-state index in [2.05, 4.69) is 20.6 Å². The molecule has 2 aromatic heterocycles. The summed E-state index contributed by atoms with van der Waals surface area (Å²) in [6.45, 7) is 3.84. The third-order valence-electron chi connectivity index (χ3n) is 4.90. The molecule has 1 aliphatic heterocycles. The summed E-state index contributed by atoms with van der Waals surface area (Å²) in [5.41, 5.74) is 7.26. The molecule has 0 bridgehead atoms. The lowest BCUT2D eigenvalue weighted by atomic mass is 9.91. The van der Waals surface area contributed by atoms with E-state index in [4.69, 9.17) is 5.73 Å². The van der Waals surface area contributed by atoms with Crippen molar-refractivity contribution in [3.63, 3.8) is 0 Å². The summed E-state index contributed by atoms with van der Waals surface area (Å²) in [5.74, 6) is 0.513. The molecule has 4 N–H and O–H groups in total. The van der Waals surface area contributed by atoms with Gasteiger partial charge >= 0.3 is 0 Å². The predicted octanol–water partition coefficient (Wildman–Crippen LogP) is 1.80. The molecule has 8 nitrogen and oxygen atoms in total. The standard InChI is InChI=1S/C18H20N6O2/c1-10-4-3-5-18(8-10)23-16(25)15-11(2)6-12(17(26)24(15)18)22-14-7-13(19)20-9-21-14/h6-9H,3-5H2,1-2H3,(H,23,25)(H3,19,20,21,22). The van der Waals surface area contributed by atoms with Gasteiger partial charge in [-0.3, -0.25) is 14.2 Å². The van der Waals surface area contributed by atoms with Crippen LogP contribution in [0.2, 0.25) is 0 Å². The summed E-state index contributed by atoms with van der Waals surface area (Å²) in [6, 6.07) is 3.22. The first-order chi connectivity index (χ1) is 12.4. The molecule has 8 heteroatoms. The lowest BCUT2D eigenvalue weighted by Gasteiger charge is -2.32. The van der Waals surface area contributed by atoms with E-state index in [9.17, 15) is 9.59 Å². The average Bonchev–Trinajstić information content (AvgIpc) is 2.84. The van der Waals surface area contributed by atoms with Crippen LogP contribution in [0, 0.1) is 6.92 Å². The van der Waals surface area contributed by atoms with Gasteiger partial charge in [0.2, 0.25) is 0 Å². The van der Waals surface area contributed by atoms with Crippen LogP contribution in [0.5, 0.6) is 0 Å². The minimum atomic E-state index is -0.793. The van der Waals surface area contributed by atoms with Crippen molar-refractivity contribution in [2.45, 2.75) is 38.8 Å². The molecule has 1 aliphatic carbocycles. The zero-order valence-corrected chi connectivity index (χ0v) is 14.7. The number of fused-ring (bicyclic) bond motifs is 2. The minimum absolute atomic E-state index is 0.219. The lowest BCUT2D eigenvalue weighted by molar-refractivity contribution is 0.0931. The molecule has 0 fully saturated rings. The second-order valence-electron chi connectivity index (χ2n) is 6.91. The van der Waals surface area contributed by atoms with Crippen LogP contribution in [0.1, 0.15) is 42.2 Å². The van der Waals surface area contributed by atoms with E-state index in [0.29, 0.717) is 29.4 Å². The number of nitrogens with one attached hydrogen (secondary N) is 2. The zero-order chi connectivity index (χ0) is 18.5. The van der Waals surface area contributed by atoms with Crippen LogP contribution >= 0.6 is 0 Å². The van der Waals surface area contributed by atoms with Crippen molar-refractivity contribution in [3.8, 4) is 0 Å². The normalized spacial score (nSPS) is 21.3. The molecule has 134 valence electrons. The Bertz CT molecular complexity index is 1010. The van der Waals surface area contributed by atoms with Crippen LogP contribution in [0.3, 0.4) is 0 Å². The average molecular weight is 352 g/mol. The first-order valence-electron chi connectivity index (χ1n) is 8.52. The first-order valence-corrected chi connectivity index (χ1v) is 8.52. The Kier molecular flexibility index (Phi) is 3.57. The first kappa shape index (κ1) is 16.3. The largest absolute Gasteiger partial charge is 0.384 e. The van der Waals surface area contributed by atoms with Crippen LogP contribution in [0.25, 0.3) is 0 Å². The number of hydrogen-bond acceptors (Lipinski definition) is 6. The molecule has 1 spiro atoms. The summed E-state index contributed by atoms with van der Waals surface area (Å²) in [5, 5.41) is 6.03. The molecule has 4 rings (SSSR count). The number of nitrogens with two attached hydrogens (primary N) is 1. The summed E-state index contributed by atoms with van der Waals surface area (Å²) in [6.07, 6.45) is 5.90. The molecule has 0 saturated carbocycles. The Morgan fingerprint density at radius 3 is 2.81 bits per heavy atom. The number of rotatable bonds is 2. The van der Waals surface area contributed by atoms with E-state index in [1.165, 1.54) is 6.33 Å². The van der Waals surface area contributed by atoms with E-state index in [-0.39, 0.29) is 11.5 Å². The Balaban J connectivity index is 1.89. The Labute approximate surface area is 150 Å². The van der Waals surface area contributed by atoms with Crippen molar-refractivity contribution in [2.24, 2.45) is 0 Å². The number of allylic oxidation sites excluding steroid dienone is 1. The predicted molar refractivity (Wildman–Crippen MR) is 98.2 cm³/mol. The van der Waals surface area contributed by atoms with Gasteiger partial charge in [0.05, 0.1) is 0 Å². The molecule has 26 heavy (non-hydrogen) atoms. The van der Waals surface area contributed by atoms with Gasteiger partial charge in [-0.1, -0.05) is 5.57 Å². The Hall–Kier alpha value is -3.16. The number of carbonyl (C=O) groups is 1. The van der Waals surface area contributed by atoms with Gasteiger partial charge in [0.1, 0.15) is 35.0 Å². The van der Waals surface area contributed by atoms with Crippen LogP contribution in [0.4, 0.5) is 17.3 Å². The molecule has 1 atom stereocenters. The van der Waals surface area contributed by atoms with Crippen molar-refractivity contribution in [1.29, 1.82) is 0 Å². The maximum Gasteiger partial charge on any atom is 0.277 e. The van der Waals surface area contributed by atoms with E-state index in [0.717, 1.165) is 24.0 Å². The molecular weight excluding hydrogens is 332 g/mol. The Morgan fingerprint density at radius 1 is 1.27 bits per heavy atom. The number of hydrogen-bond donors (Lipinski definition) is 3. The maximum atomic E-state index is 13.2. The highest BCUT2D eigenvalue weighted by Gasteiger charge is 2.44. The molecule has 3 heterocycles. The number of carbonyl (C=O) groups excluding carboxylic acids is 1. The van der Waals surface area contributed by atoms with Crippen LogP contribution in [0.15, 0.2) is 34.9 Å². The van der Waals surface area contributed by atoms with Crippen molar-refractivity contribution in [3.05, 3.63) is 51.7 Å². The van der Waals surface area contributed by atoms with E-state index in [1.807, 2.05) is 19.9 Å². The van der Waals surface area contributed by atoms with Gasteiger partial charge in [0, 0.05) is 6.07 Å². The smallest absolute Gasteiger partial charge is 0.277 e. The van der Waals surface area contributed by atoms with Gasteiger partial charge in [-0.05, 0) is 50.8 Å². The van der Waals surface area contributed by atoms with E-state index < -0.39 is 5.66 Å². The van der Waals surface area contributed by atoms with Crippen molar-refractivity contribution in [1.82, 2.24) is 19.9 Å². The summed E-state index contributed by atoms with van der Waals surface area (Å²) >= 11 is 0. The van der Waals surface area contributed by atoms with Crippen molar-refractivity contribution >= 4 is 23.2 Å². The van der Waals surface area contributed by atoms with Gasteiger partial charge in [0.15, 0.2) is 0 Å². The van der Waals surface area contributed by atoms with Gasteiger partial charge in [-0.2, -0.15) is 0 Å². The van der Waals surface area contributed by atoms with Gasteiger partial charge in [-0.15, -0.1) is 0 Å². The monoisotopic (exact) mass is 352 g/mol. The number of anilines is 3. The summed E-state index contributed by atoms with van der Waals surface area (Å²) < 4.78 is 1.58. The number of nitrogens with zero attached hydrogens (tertiary/aromatic N) is 3. The molecule has 2 aliphatic rings. The lowest BCUT2D eigenvalue weighted by Crippen LogP contribution is -2.47. The molecule has 1 unspecified atom stereocenters. The van der Waals surface area contributed by atoms with Gasteiger partial charge in [0.25, 0.3) is 11.5 Å². The Morgan fingerprint density at radius 2 is 2.08 bits per heavy atom. The quantitative estimate of drug-likeness (QED) is 0.710. The topological polar surface area (TPSA) is 115 Å². The van der Waals surface area contributed by atoms with Crippen LogP contribution in [-0.4, -0.2) is 20.4 Å². The van der Waals surface area contributed by atoms with E-state index in [1.54, 1.807) is 16.7 Å². The number of nitrogen functional groups attached to an aromatic ring is 1. The van der Waals surface area contributed by atoms with E-state index >= 15 is 0 Å². The maximum absolute atomic E-state index is 13.2. The third-order valence-corrected chi connectivity index (χ3v) is 4.90. The highest BCUT2D eigenvalue weighted by Crippen LogP contribution is 2.35. The molecule has 0 saturated heterocycles. The SMILES string of the molecule is CC1=CC2(CCC1)NC(=O)c1c(C)cc(Nc3cc(N)ncn3)c(=O)n12. The van der Waals surface area contributed by atoms with Crippen molar-refractivity contribution < 1.29 is 4.79 Å². The zero-order valence-electron chi connectivity index (χ0n) is 14.7. The summed E-state index contributed by atoms with van der Waals surface area (Å²) in [7, 11) is 0. The highest BCUT2D eigenvalue weighted by atomic mass is 16.2. The minimum Gasteiger partial charge on any atom is -0.384 e. The molecule has 0 radical (unpaired) electrons. The number of amides is 1. The fourth-order valence-corrected chi connectivity index (χ4v) is 3.85. The van der Waals surface area contributed by atoms with Gasteiger partial charge < -0.3 is 16.4 Å².